The lowest BCUT2D eigenvalue weighted by Crippen LogP contribution is -2.48. The summed E-state index contributed by atoms with van der Waals surface area (Å²) in [6.45, 7) is 3.21. The zero-order valence-corrected chi connectivity index (χ0v) is 17.0. The van der Waals surface area contributed by atoms with Crippen LogP contribution in [0.2, 0.25) is 0 Å². The van der Waals surface area contributed by atoms with Gasteiger partial charge in [-0.3, -0.25) is 4.79 Å². The zero-order chi connectivity index (χ0) is 18.4. The van der Waals surface area contributed by atoms with E-state index < -0.39 is 0 Å². The number of alkyl halides is 1. The Hall–Kier alpha value is -1.65. The molecule has 1 N–H and O–H groups in total. The average molecular weight is 425 g/mol. The number of benzene rings is 2. The van der Waals surface area contributed by atoms with E-state index in [4.69, 9.17) is 0 Å². The van der Waals surface area contributed by atoms with Crippen molar-refractivity contribution in [1.29, 1.82) is 0 Å². The third-order valence-corrected chi connectivity index (χ3v) is 7.33. The molecular formula is C23H25BrN2O. The predicted molar refractivity (Wildman–Crippen MR) is 112 cm³/mol. The number of likely N-dealkylation sites (tertiary alicyclic amines) is 1. The molecule has 0 radical (unpaired) electrons. The van der Waals surface area contributed by atoms with E-state index >= 15 is 0 Å². The van der Waals surface area contributed by atoms with Crippen LogP contribution < -0.4 is 5.32 Å². The molecule has 1 fully saturated rings. The fourth-order valence-corrected chi connectivity index (χ4v) is 5.85. The predicted octanol–water partition coefficient (Wildman–Crippen LogP) is 3.80. The van der Waals surface area contributed by atoms with E-state index in [1.807, 2.05) is 0 Å². The first-order valence-electron chi connectivity index (χ1n) is 9.98. The molecule has 0 atom stereocenters. The molecular weight excluding hydrogens is 400 g/mol. The van der Waals surface area contributed by atoms with Crippen LogP contribution in [0.4, 0.5) is 0 Å². The van der Waals surface area contributed by atoms with Crippen LogP contribution in [0, 0.1) is 0 Å². The van der Waals surface area contributed by atoms with Crippen LogP contribution in [-0.2, 0) is 10.2 Å². The summed E-state index contributed by atoms with van der Waals surface area (Å²) in [6.07, 6.45) is 3.30. The van der Waals surface area contributed by atoms with E-state index in [-0.39, 0.29) is 11.3 Å². The molecule has 1 amide bonds. The number of hydrogen-bond donors (Lipinski definition) is 1. The standard InChI is InChI=1S/C23H25BrN2O/c24-14-22(27)25-16-9-11-26(12-10-16)15-23-13-19(17-5-1-3-7-20(17)23)18-6-2-4-8-21(18)23/h1-8,16,19H,9-15H2,(H,25,27). The minimum Gasteiger partial charge on any atom is -0.353 e. The highest BCUT2D eigenvalue weighted by atomic mass is 79.9. The van der Waals surface area contributed by atoms with Gasteiger partial charge in [0, 0.05) is 37.0 Å². The number of nitrogens with one attached hydrogen (secondary N) is 1. The number of hydrogen-bond acceptors (Lipinski definition) is 2. The van der Waals surface area contributed by atoms with Gasteiger partial charge < -0.3 is 10.2 Å². The molecule has 5 rings (SSSR count). The number of rotatable bonds is 4. The molecule has 27 heavy (non-hydrogen) atoms. The van der Waals surface area contributed by atoms with Gasteiger partial charge in [-0.25, -0.2) is 0 Å². The number of fused-ring (bicyclic) bond motifs is 8. The second-order valence-corrected chi connectivity index (χ2v) is 8.83. The first-order valence-corrected chi connectivity index (χ1v) is 11.1. The fourth-order valence-electron chi connectivity index (χ4n) is 5.69. The topological polar surface area (TPSA) is 32.3 Å². The van der Waals surface area contributed by atoms with Gasteiger partial charge >= 0.3 is 0 Å². The Morgan fingerprint density at radius 1 is 1.04 bits per heavy atom. The van der Waals surface area contributed by atoms with Gasteiger partial charge in [0.15, 0.2) is 0 Å². The molecule has 1 saturated heterocycles. The summed E-state index contributed by atoms with van der Waals surface area (Å²) in [6, 6.07) is 18.5. The molecule has 1 aliphatic heterocycles. The Kier molecular flexibility index (Phi) is 4.36. The summed E-state index contributed by atoms with van der Waals surface area (Å²) in [7, 11) is 0. The molecule has 140 valence electrons. The molecule has 3 nitrogen and oxygen atoms in total. The molecule has 2 aliphatic carbocycles. The maximum Gasteiger partial charge on any atom is 0.230 e. The van der Waals surface area contributed by atoms with Crippen molar-refractivity contribution in [3.63, 3.8) is 0 Å². The Labute approximate surface area is 169 Å². The molecule has 2 bridgehead atoms. The summed E-state index contributed by atoms with van der Waals surface area (Å²) >= 11 is 3.24. The van der Waals surface area contributed by atoms with Crippen molar-refractivity contribution in [3.05, 3.63) is 70.8 Å². The van der Waals surface area contributed by atoms with Crippen LogP contribution >= 0.6 is 15.9 Å². The number of carbonyl (C=O) groups excluding carboxylic acids is 1. The molecule has 0 saturated carbocycles. The van der Waals surface area contributed by atoms with E-state index in [1.54, 1.807) is 11.1 Å². The molecule has 0 unspecified atom stereocenters. The van der Waals surface area contributed by atoms with Gasteiger partial charge in [-0.15, -0.1) is 0 Å². The van der Waals surface area contributed by atoms with Gasteiger partial charge in [0.25, 0.3) is 0 Å². The summed E-state index contributed by atoms with van der Waals surface area (Å²) in [5.74, 6) is 0.664. The van der Waals surface area contributed by atoms with Gasteiger partial charge in [0.2, 0.25) is 5.91 Å². The lowest BCUT2D eigenvalue weighted by Gasteiger charge is -2.40. The molecule has 2 aromatic rings. The maximum absolute atomic E-state index is 11.6. The largest absolute Gasteiger partial charge is 0.353 e. The SMILES string of the molecule is O=C(CBr)NC1CCN(CC23CC(c4ccccc42)c2ccccc23)CC1. The summed E-state index contributed by atoms with van der Waals surface area (Å²) in [5, 5.41) is 3.53. The van der Waals surface area contributed by atoms with Gasteiger partial charge in [-0.1, -0.05) is 64.5 Å². The van der Waals surface area contributed by atoms with Crippen LogP contribution in [0.1, 0.15) is 47.4 Å². The second-order valence-electron chi connectivity index (χ2n) is 8.26. The van der Waals surface area contributed by atoms with Gasteiger partial charge in [-0.2, -0.15) is 0 Å². The van der Waals surface area contributed by atoms with E-state index in [1.165, 1.54) is 17.5 Å². The van der Waals surface area contributed by atoms with Gasteiger partial charge in [0.1, 0.15) is 0 Å². The highest BCUT2D eigenvalue weighted by Gasteiger charge is 2.53. The number of carbonyl (C=O) groups is 1. The maximum atomic E-state index is 11.6. The van der Waals surface area contributed by atoms with Crippen molar-refractivity contribution in [3.8, 4) is 0 Å². The van der Waals surface area contributed by atoms with Gasteiger partial charge in [0.05, 0.1) is 5.33 Å². The highest BCUT2D eigenvalue weighted by Crippen LogP contribution is 2.60. The van der Waals surface area contributed by atoms with E-state index in [0.717, 1.165) is 32.5 Å². The van der Waals surface area contributed by atoms with Crippen molar-refractivity contribution in [2.45, 2.75) is 36.6 Å². The molecule has 0 spiro atoms. The molecule has 2 aromatic carbocycles. The Morgan fingerprint density at radius 2 is 1.63 bits per heavy atom. The molecule has 1 heterocycles. The fraction of sp³-hybridized carbons (Fsp3) is 0.435. The number of piperidine rings is 1. The van der Waals surface area contributed by atoms with E-state index in [2.05, 4.69) is 74.7 Å². The summed E-state index contributed by atoms with van der Waals surface area (Å²) in [4.78, 5) is 14.3. The monoisotopic (exact) mass is 424 g/mol. The highest BCUT2D eigenvalue weighted by molar-refractivity contribution is 9.09. The first kappa shape index (κ1) is 17.4. The van der Waals surface area contributed by atoms with E-state index in [0.29, 0.717) is 17.3 Å². The molecule has 0 aromatic heterocycles. The van der Waals surface area contributed by atoms with Crippen LogP contribution in [0.15, 0.2) is 48.5 Å². The third kappa shape index (κ3) is 2.76. The van der Waals surface area contributed by atoms with Crippen molar-refractivity contribution in [1.82, 2.24) is 10.2 Å². The van der Waals surface area contributed by atoms with Crippen LogP contribution in [0.3, 0.4) is 0 Å². The van der Waals surface area contributed by atoms with Gasteiger partial charge in [-0.05, 0) is 41.5 Å². The quantitative estimate of drug-likeness (QED) is 0.756. The van der Waals surface area contributed by atoms with Crippen LogP contribution in [-0.4, -0.2) is 41.8 Å². The van der Waals surface area contributed by atoms with Crippen LogP contribution in [0.5, 0.6) is 0 Å². The smallest absolute Gasteiger partial charge is 0.230 e. The Bertz CT molecular complexity index is 825. The van der Waals surface area contributed by atoms with Crippen LogP contribution in [0.25, 0.3) is 0 Å². The zero-order valence-electron chi connectivity index (χ0n) is 15.5. The van der Waals surface area contributed by atoms with Crippen molar-refractivity contribution in [2.24, 2.45) is 0 Å². The van der Waals surface area contributed by atoms with Crippen molar-refractivity contribution in [2.75, 3.05) is 25.0 Å². The third-order valence-electron chi connectivity index (χ3n) is 6.82. The van der Waals surface area contributed by atoms with E-state index in [9.17, 15) is 4.79 Å². The Balaban J connectivity index is 1.39. The number of halogens is 1. The average Bonchev–Trinajstić information content (AvgIpc) is 3.22. The van der Waals surface area contributed by atoms with Crippen molar-refractivity contribution < 1.29 is 4.79 Å². The molecule has 3 aliphatic rings. The lowest BCUT2D eigenvalue weighted by atomic mass is 9.74. The summed E-state index contributed by atoms with van der Waals surface area (Å²) < 4.78 is 0. The molecule has 4 heteroatoms. The minimum atomic E-state index is 0.101. The lowest BCUT2D eigenvalue weighted by molar-refractivity contribution is -0.119. The number of amides is 1. The minimum absolute atomic E-state index is 0.101. The normalized spacial score (nSPS) is 26.6. The number of nitrogens with zero attached hydrogens (tertiary/aromatic N) is 1. The first-order chi connectivity index (χ1) is 13.2. The van der Waals surface area contributed by atoms with Crippen molar-refractivity contribution >= 4 is 21.8 Å². The summed E-state index contributed by atoms with van der Waals surface area (Å²) in [5.41, 5.74) is 6.31. The second kappa shape index (κ2) is 6.75. The Morgan fingerprint density at radius 3 is 2.22 bits per heavy atom.